The van der Waals surface area contributed by atoms with E-state index in [4.69, 9.17) is 13.2 Å². The predicted octanol–water partition coefficient (Wildman–Crippen LogP) is 20.2. The first kappa shape index (κ1) is 58.6. The quantitative estimate of drug-likeness (QED) is 0.0904. The molecule has 2 unspecified atom stereocenters. The third kappa shape index (κ3) is 10.6. The van der Waals surface area contributed by atoms with Gasteiger partial charge in [0.2, 0.25) is 0 Å². The lowest BCUT2D eigenvalue weighted by Gasteiger charge is -2.34. The van der Waals surface area contributed by atoms with Gasteiger partial charge in [-0.3, -0.25) is 0 Å². The predicted molar refractivity (Wildman–Crippen MR) is 372 cm³/mol. The molecule has 12 rings (SSSR count). The van der Waals surface area contributed by atoms with Gasteiger partial charge in [-0.05, 0) is 164 Å². The van der Waals surface area contributed by atoms with Crippen molar-refractivity contribution in [1.29, 1.82) is 0 Å². The number of hydrogen-bond donors (Lipinski definition) is 0. The van der Waals surface area contributed by atoms with Gasteiger partial charge in [0.05, 0.1) is 0 Å². The van der Waals surface area contributed by atoms with E-state index in [0.717, 1.165) is 79.4 Å². The molecule has 5 heteroatoms. The highest BCUT2D eigenvalue weighted by Gasteiger charge is 2.46. The summed E-state index contributed by atoms with van der Waals surface area (Å²) in [6.07, 6.45) is 14.3. The highest BCUT2D eigenvalue weighted by Crippen LogP contribution is 2.54. The molecule has 0 saturated heterocycles. The third-order valence-corrected chi connectivity index (χ3v) is 20.7. The average molecular weight is 1160 g/mol. The van der Waals surface area contributed by atoms with Crippen LogP contribution in [0.2, 0.25) is 0 Å². The van der Waals surface area contributed by atoms with E-state index in [9.17, 15) is 0 Å². The van der Waals surface area contributed by atoms with E-state index < -0.39 is 31.5 Å². The Labute approximate surface area is 516 Å². The molecule has 436 valence electrons. The smallest absolute Gasteiger partial charge is 0.187 e. The molecule has 2 atom stereocenters. The minimum Gasteiger partial charge on any atom is -0.329 e. The van der Waals surface area contributed by atoms with Crippen molar-refractivity contribution in [1.82, 2.24) is 0 Å². The Morgan fingerprint density at radius 3 is 1.13 bits per heavy atom. The van der Waals surface area contributed by atoms with Crippen molar-refractivity contribution in [3.05, 3.63) is 322 Å². The summed E-state index contributed by atoms with van der Waals surface area (Å²) in [5.74, 6) is -0.464. The summed E-state index contributed by atoms with van der Waals surface area (Å²) in [5.41, 5.74) is 15.5. The Hall–Kier alpha value is -8.77. The Morgan fingerprint density at radius 2 is 0.759 bits per heavy atom. The van der Waals surface area contributed by atoms with Gasteiger partial charge in [-0.25, -0.2) is 8.42 Å². The summed E-state index contributed by atoms with van der Waals surface area (Å²) in [7, 11) is -3.95. The number of rotatable bonds is 16. The van der Waals surface area contributed by atoms with Crippen LogP contribution in [0, 0.1) is 27.7 Å². The fraction of sp³-hybridized carbons (Fsp3) is 0.220. The van der Waals surface area contributed by atoms with Gasteiger partial charge in [0, 0.05) is 44.4 Å². The second-order valence-electron chi connectivity index (χ2n) is 26.3. The summed E-state index contributed by atoms with van der Waals surface area (Å²) in [6, 6.07) is 69.4. The normalized spacial score (nSPS) is 17.0. The van der Waals surface area contributed by atoms with Crippen molar-refractivity contribution < 1.29 is 8.42 Å². The number of sulfone groups is 1. The van der Waals surface area contributed by atoms with Crippen molar-refractivity contribution >= 4 is 64.3 Å². The highest BCUT2D eigenvalue weighted by molar-refractivity contribution is 7.91. The average Bonchev–Trinajstić information content (AvgIpc) is 1.74. The van der Waals surface area contributed by atoms with Crippen LogP contribution in [0.1, 0.15) is 97.2 Å². The number of fused-ring (bicyclic) bond motifs is 8. The van der Waals surface area contributed by atoms with Gasteiger partial charge in [-0.2, -0.15) is 0 Å². The standard InChI is InChI=1S/C82H80N2O2S/c1-55-35-41-61(42-36-55)51-81(11,75-57(3)39-45-63-25-13-17-29-67(63)75)59(5)23-21-33-73-79(7,8)77-69-31-19-15-27-65(69)47-49-71(77)83(73)53-87(85,86)54-84-72-50-48-66-28-16-20-32-70(66)78(72)80(9,10)74(84)34-22-24-60(6)82(12,52-62-43-37-56(2)38-44-62)76-58(4)40-46-64-26-14-18-30-68(64)76/h13-50H,5-6,51-54H2,1-4,7-12H3/b23-21+,24-22+,73-33+,74-34+. The van der Waals surface area contributed by atoms with E-state index in [1.54, 1.807) is 0 Å². The highest BCUT2D eigenvalue weighted by atomic mass is 32.2. The molecule has 0 amide bonds. The van der Waals surface area contributed by atoms with Crippen molar-refractivity contribution in [2.75, 3.05) is 21.6 Å². The molecule has 0 bridgehead atoms. The van der Waals surface area contributed by atoms with Crippen molar-refractivity contribution in [3.63, 3.8) is 0 Å². The first-order chi connectivity index (χ1) is 41.6. The zero-order valence-electron chi connectivity index (χ0n) is 52.3. The molecule has 0 aliphatic carbocycles. The molecule has 0 N–H and O–H groups in total. The van der Waals surface area contributed by atoms with Crippen LogP contribution >= 0.6 is 0 Å². The van der Waals surface area contributed by atoms with Gasteiger partial charge >= 0.3 is 0 Å². The number of anilines is 2. The molecule has 0 fully saturated rings. The first-order valence-electron chi connectivity index (χ1n) is 30.6. The molecular weight excluding hydrogens is 1080 g/mol. The molecule has 0 radical (unpaired) electrons. The largest absolute Gasteiger partial charge is 0.329 e. The molecule has 4 nitrogen and oxygen atoms in total. The number of nitrogens with zero attached hydrogens (tertiary/aromatic N) is 2. The summed E-state index contributed by atoms with van der Waals surface area (Å²) >= 11 is 0. The maximum atomic E-state index is 15.8. The molecule has 0 aromatic heterocycles. The van der Waals surface area contributed by atoms with E-state index in [1.807, 2.05) is 0 Å². The van der Waals surface area contributed by atoms with Crippen LogP contribution < -0.4 is 9.80 Å². The van der Waals surface area contributed by atoms with Crippen LogP contribution in [-0.4, -0.2) is 20.2 Å². The summed E-state index contributed by atoms with van der Waals surface area (Å²) in [6.45, 7) is 32.0. The molecule has 2 aliphatic heterocycles. The lowest BCUT2D eigenvalue weighted by molar-refractivity contribution is 0.569. The topological polar surface area (TPSA) is 40.6 Å². The molecular formula is C82H80N2O2S. The molecule has 2 aliphatic rings. The fourth-order valence-corrected chi connectivity index (χ4v) is 16.3. The van der Waals surface area contributed by atoms with Gasteiger partial charge in [-0.1, -0.05) is 272 Å². The van der Waals surface area contributed by atoms with E-state index in [2.05, 4.69) is 310 Å². The molecule has 10 aromatic carbocycles. The summed E-state index contributed by atoms with van der Waals surface area (Å²) < 4.78 is 31.6. The van der Waals surface area contributed by atoms with Crippen molar-refractivity contribution in [2.24, 2.45) is 0 Å². The molecule has 0 spiro atoms. The minimum absolute atomic E-state index is 0.232. The summed E-state index contributed by atoms with van der Waals surface area (Å²) in [5, 5.41) is 9.29. The van der Waals surface area contributed by atoms with Gasteiger partial charge in [-0.15, -0.1) is 0 Å². The maximum Gasteiger partial charge on any atom is 0.187 e. The van der Waals surface area contributed by atoms with Crippen LogP contribution in [-0.2, 0) is 44.3 Å². The van der Waals surface area contributed by atoms with Gasteiger partial charge < -0.3 is 9.80 Å². The molecule has 87 heavy (non-hydrogen) atoms. The zero-order valence-corrected chi connectivity index (χ0v) is 53.1. The Morgan fingerprint density at radius 1 is 0.437 bits per heavy atom. The van der Waals surface area contributed by atoms with Crippen LogP contribution in [0.25, 0.3) is 43.1 Å². The lowest BCUT2D eigenvalue weighted by atomic mass is 9.69. The SMILES string of the molecule is C=C(/C=C/C=C1/N(CS(=O)(=O)CN2/C(=C/C=C/C(=C)C(C)(Cc3ccc(C)cc3)c3c(C)ccc4ccccc34)C(C)(C)c3c2ccc2ccccc32)c2ccc3ccccc3c2C1(C)C)C(C)(Cc1ccc(C)cc1)c1c(C)ccc2ccccc12. The number of hydrogen-bond acceptors (Lipinski definition) is 4. The summed E-state index contributed by atoms with van der Waals surface area (Å²) in [4.78, 5) is 4.15. The van der Waals surface area contributed by atoms with Crippen LogP contribution in [0.4, 0.5) is 11.4 Å². The Balaban J connectivity index is 0.934. The molecule has 0 saturated carbocycles. The van der Waals surface area contributed by atoms with Crippen LogP contribution in [0.5, 0.6) is 0 Å². The fourth-order valence-electron chi connectivity index (χ4n) is 14.8. The van der Waals surface area contributed by atoms with E-state index in [0.29, 0.717) is 0 Å². The van der Waals surface area contributed by atoms with Crippen LogP contribution in [0.15, 0.2) is 266 Å². The van der Waals surface area contributed by atoms with E-state index in [1.165, 1.54) is 66.1 Å². The molecule has 2 heterocycles. The lowest BCUT2D eigenvalue weighted by Crippen LogP contribution is -2.37. The van der Waals surface area contributed by atoms with Crippen molar-refractivity contribution in [3.8, 4) is 0 Å². The van der Waals surface area contributed by atoms with E-state index in [-0.39, 0.29) is 11.8 Å². The molecule has 10 aromatic rings. The van der Waals surface area contributed by atoms with Gasteiger partial charge in [0.1, 0.15) is 11.8 Å². The number of benzene rings is 10. The zero-order chi connectivity index (χ0) is 61.2. The van der Waals surface area contributed by atoms with Crippen LogP contribution in [0.3, 0.4) is 0 Å². The Kier molecular flexibility index (Phi) is 15.2. The second-order valence-corrected chi connectivity index (χ2v) is 28.3. The number of allylic oxidation sites excluding steroid dienone is 10. The maximum absolute atomic E-state index is 15.8. The van der Waals surface area contributed by atoms with Crippen molar-refractivity contribution in [2.45, 2.75) is 104 Å². The number of aryl methyl sites for hydroxylation is 4. The van der Waals surface area contributed by atoms with Gasteiger partial charge in [0.25, 0.3) is 0 Å². The first-order valence-corrected chi connectivity index (χ1v) is 32.5. The second kappa shape index (κ2) is 22.5. The van der Waals surface area contributed by atoms with E-state index >= 15 is 8.42 Å². The minimum atomic E-state index is -3.95. The monoisotopic (exact) mass is 1160 g/mol. The van der Waals surface area contributed by atoms with Gasteiger partial charge in [0.15, 0.2) is 9.84 Å². The third-order valence-electron chi connectivity index (χ3n) is 19.4. The Bertz CT molecular complexity index is 4360.